The van der Waals surface area contributed by atoms with Crippen LogP contribution >= 0.6 is 0 Å². The lowest BCUT2D eigenvalue weighted by Crippen LogP contribution is -2.32. The summed E-state index contributed by atoms with van der Waals surface area (Å²) in [6.45, 7) is 7.64. The Balaban J connectivity index is 2.93. The van der Waals surface area contributed by atoms with Gasteiger partial charge >= 0.3 is 0 Å². The zero-order chi connectivity index (χ0) is 13.1. The molecule has 0 aliphatic rings. The summed E-state index contributed by atoms with van der Waals surface area (Å²) in [5.41, 5.74) is 0.410. The average Bonchev–Trinajstić information content (AvgIpc) is 2.29. The fourth-order valence-corrected chi connectivity index (χ4v) is 1.99. The number of benzene rings is 1. The zero-order valence-electron chi connectivity index (χ0n) is 11.1. The summed E-state index contributed by atoms with van der Waals surface area (Å²) in [5, 5.41) is 10.3. The zero-order valence-corrected chi connectivity index (χ0v) is 11.1. The third-order valence-electron chi connectivity index (χ3n) is 3.04. The summed E-state index contributed by atoms with van der Waals surface area (Å²) in [6.07, 6.45) is -0.0421. The molecule has 1 rings (SSSR count). The molecule has 1 aromatic carbocycles. The van der Waals surface area contributed by atoms with Crippen molar-refractivity contribution in [2.45, 2.75) is 40.2 Å². The van der Waals surface area contributed by atoms with E-state index >= 15 is 0 Å². The average molecular weight is 234 g/mol. The summed E-state index contributed by atoms with van der Waals surface area (Å²) in [6, 6.07) is 9.40. The minimum absolute atomic E-state index is 0.122. The van der Waals surface area contributed by atoms with E-state index in [0.717, 1.165) is 5.56 Å². The molecule has 0 bridgehead atoms. The third-order valence-corrected chi connectivity index (χ3v) is 3.04. The van der Waals surface area contributed by atoms with Crippen molar-refractivity contribution in [2.24, 2.45) is 11.3 Å². The van der Waals surface area contributed by atoms with E-state index in [9.17, 15) is 9.90 Å². The van der Waals surface area contributed by atoms with E-state index in [2.05, 4.69) is 0 Å². The maximum absolute atomic E-state index is 12.3. The predicted molar refractivity (Wildman–Crippen MR) is 69.6 cm³/mol. The van der Waals surface area contributed by atoms with E-state index in [1.165, 1.54) is 0 Å². The van der Waals surface area contributed by atoms with E-state index < -0.39 is 11.5 Å². The molecule has 0 heterocycles. The lowest BCUT2D eigenvalue weighted by Gasteiger charge is -2.27. The minimum Gasteiger partial charge on any atom is -0.388 e. The van der Waals surface area contributed by atoms with Gasteiger partial charge in [-0.05, 0) is 12.0 Å². The molecule has 0 aromatic heterocycles. The van der Waals surface area contributed by atoms with Crippen molar-refractivity contribution in [1.29, 1.82) is 0 Å². The smallest absolute Gasteiger partial charge is 0.144 e. The van der Waals surface area contributed by atoms with E-state index in [-0.39, 0.29) is 11.7 Å². The second-order valence-electron chi connectivity index (χ2n) is 5.48. The van der Waals surface area contributed by atoms with Gasteiger partial charge in [-0.3, -0.25) is 4.79 Å². The number of aliphatic hydroxyl groups excluding tert-OH is 1. The summed E-state index contributed by atoms with van der Waals surface area (Å²) >= 11 is 0. The molecule has 0 saturated heterocycles. The van der Waals surface area contributed by atoms with Crippen LogP contribution in [0.15, 0.2) is 30.3 Å². The van der Waals surface area contributed by atoms with E-state index in [0.29, 0.717) is 6.42 Å². The van der Waals surface area contributed by atoms with Crippen LogP contribution in [-0.4, -0.2) is 10.9 Å². The van der Waals surface area contributed by atoms with E-state index in [1.807, 2.05) is 58.0 Å². The van der Waals surface area contributed by atoms with Gasteiger partial charge in [-0.15, -0.1) is 0 Å². The molecular formula is C15H22O2. The molecule has 0 saturated carbocycles. The molecule has 0 spiro atoms. The van der Waals surface area contributed by atoms with Crippen LogP contribution in [0, 0.1) is 11.3 Å². The van der Waals surface area contributed by atoms with Gasteiger partial charge in [0.25, 0.3) is 0 Å². The molecule has 2 nitrogen and oxygen atoms in total. The third kappa shape index (κ3) is 3.40. The van der Waals surface area contributed by atoms with E-state index in [1.54, 1.807) is 0 Å². The SMILES string of the molecule is CC[C@@H](C(=O)C(C)(C)C)[C@H](O)c1ccccc1. The van der Waals surface area contributed by atoms with Gasteiger partial charge in [0.05, 0.1) is 6.10 Å². The van der Waals surface area contributed by atoms with Crippen molar-refractivity contribution in [3.05, 3.63) is 35.9 Å². The van der Waals surface area contributed by atoms with Crippen LogP contribution in [0.4, 0.5) is 0 Å². The first-order valence-electron chi connectivity index (χ1n) is 6.15. The fraction of sp³-hybridized carbons (Fsp3) is 0.533. The first-order valence-corrected chi connectivity index (χ1v) is 6.15. The molecule has 0 amide bonds. The van der Waals surface area contributed by atoms with Crippen LogP contribution in [0.5, 0.6) is 0 Å². The number of carbonyl (C=O) groups is 1. The molecule has 0 radical (unpaired) electrons. The van der Waals surface area contributed by atoms with Crippen molar-refractivity contribution < 1.29 is 9.90 Å². The molecule has 2 heteroatoms. The monoisotopic (exact) mass is 234 g/mol. The van der Waals surface area contributed by atoms with Crippen molar-refractivity contribution in [3.8, 4) is 0 Å². The molecule has 2 atom stereocenters. The second-order valence-corrected chi connectivity index (χ2v) is 5.48. The summed E-state index contributed by atoms with van der Waals surface area (Å²) in [7, 11) is 0. The Kier molecular flexibility index (Phi) is 4.47. The highest BCUT2D eigenvalue weighted by Gasteiger charge is 2.33. The number of aliphatic hydroxyl groups is 1. The first kappa shape index (κ1) is 13.9. The normalized spacial score (nSPS) is 15.4. The highest BCUT2D eigenvalue weighted by atomic mass is 16.3. The molecular weight excluding hydrogens is 212 g/mol. The van der Waals surface area contributed by atoms with Crippen LogP contribution < -0.4 is 0 Å². The van der Waals surface area contributed by atoms with Crippen LogP contribution in [0.2, 0.25) is 0 Å². The van der Waals surface area contributed by atoms with Crippen molar-refractivity contribution in [1.82, 2.24) is 0 Å². The Bertz CT molecular complexity index is 362. The van der Waals surface area contributed by atoms with Crippen LogP contribution in [0.25, 0.3) is 0 Å². The van der Waals surface area contributed by atoms with Gasteiger partial charge in [0.1, 0.15) is 5.78 Å². The van der Waals surface area contributed by atoms with Gasteiger partial charge in [0.15, 0.2) is 0 Å². The van der Waals surface area contributed by atoms with Gasteiger partial charge in [-0.25, -0.2) is 0 Å². The fourth-order valence-electron chi connectivity index (χ4n) is 1.99. The Hall–Kier alpha value is -1.15. The maximum atomic E-state index is 12.3. The number of carbonyl (C=O) groups excluding carboxylic acids is 1. The Morgan fingerprint density at radius 3 is 2.18 bits per heavy atom. The topological polar surface area (TPSA) is 37.3 Å². The number of ketones is 1. The number of hydrogen-bond acceptors (Lipinski definition) is 2. The van der Waals surface area contributed by atoms with Crippen molar-refractivity contribution >= 4 is 5.78 Å². The Morgan fingerprint density at radius 2 is 1.76 bits per heavy atom. The summed E-state index contributed by atoms with van der Waals surface area (Å²) in [4.78, 5) is 12.3. The molecule has 1 aromatic rings. The molecule has 0 fully saturated rings. The van der Waals surface area contributed by atoms with Gasteiger partial charge in [-0.2, -0.15) is 0 Å². The second kappa shape index (κ2) is 5.46. The van der Waals surface area contributed by atoms with Gasteiger partial charge in [-0.1, -0.05) is 58.0 Å². The quantitative estimate of drug-likeness (QED) is 0.867. The minimum atomic E-state index is -0.701. The maximum Gasteiger partial charge on any atom is 0.144 e. The summed E-state index contributed by atoms with van der Waals surface area (Å²) in [5.74, 6) is -0.200. The molecule has 1 N–H and O–H groups in total. The number of hydrogen-bond donors (Lipinski definition) is 1. The predicted octanol–water partition coefficient (Wildman–Crippen LogP) is 3.36. The van der Waals surface area contributed by atoms with Crippen LogP contribution in [0.1, 0.15) is 45.8 Å². The standard InChI is InChI=1S/C15H22O2/c1-5-12(14(17)15(2,3)4)13(16)11-9-7-6-8-10-11/h6-10,12-13,16H,5H2,1-4H3/t12-,13-/m1/s1. The van der Waals surface area contributed by atoms with E-state index in [4.69, 9.17) is 0 Å². The van der Waals surface area contributed by atoms with Crippen molar-refractivity contribution in [2.75, 3.05) is 0 Å². The number of rotatable bonds is 4. The molecule has 94 valence electrons. The molecule has 17 heavy (non-hydrogen) atoms. The molecule has 0 unspecified atom stereocenters. The molecule has 0 aliphatic heterocycles. The number of Topliss-reactive ketones (excluding diaryl/α,β-unsaturated/α-hetero) is 1. The molecule has 0 aliphatic carbocycles. The lowest BCUT2D eigenvalue weighted by atomic mass is 9.78. The Labute approximate surface area is 104 Å². The van der Waals surface area contributed by atoms with Crippen LogP contribution in [-0.2, 0) is 4.79 Å². The highest BCUT2D eigenvalue weighted by Crippen LogP contribution is 2.31. The van der Waals surface area contributed by atoms with Crippen molar-refractivity contribution in [3.63, 3.8) is 0 Å². The van der Waals surface area contributed by atoms with Gasteiger partial charge in [0.2, 0.25) is 0 Å². The highest BCUT2D eigenvalue weighted by molar-refractivity contribution is 5.86. The largest absolute Gasteiger partial charge is 0.388 e. The summed E-state index contributed by atoms with van der Waals surface area (Å²) < 4.78 is 0. The van der Waals surface area contributed by atoms with Gasteiger partial charge < -0.3 is 5.11 Å². The first-order chi connectivity index (χ1) is 7.88. The van der Waals surface area contributed by atoms with Gasteiger partial charge in [0, 0.05) is 11.3 Å². The lowest BCUT2D eigenvalue weighted by molar-refractivity contribution is -0.134. The van der Waals surface area contributed by atoms with Crippen LogP contribution in [0.3, 0.4) is 0 Å². The Morgan fingerprint density at radius 1 is 1.24 bits per heavy atom.